The Bertz CT molecular complexity index is 222. The maximum Gasteiger partial charge on any atom is 0.0798 e. The molecule has 11 heavy (non-hydrogen) atoms. The molecule has 0 atom stereocenters. The van der Waals surface area contributed by atoms with E-state index in [9.17, 15) is 0 Å². The van der Waals surface area contributed by atoms with Gasteiger partial charge in [0.1, 0.15) is 0 Å². The molecule has 0 radical (unpaired) electrons. The average molecular weight is 169 g/mol. The fourth-order valence-corrected chi connectivity index (χ4v) is 1.27. The summed E-state index contributed by atoms with van der Waals surface area (Å²) in [5, 5.41) is 10.8. The Morgan fingerprint density at radius 2 is 2.64 bits per heavy atom. The van der Waals surface area contributed by atoms with Gasteiger partial charge in [-0.15, -0.1) is 11.3 Å². The molecule has 0 unspecified atom stereocenters. The molecule has 2 nitrogen and oxygen atoms in total. The van der Waals surface area contributed by atoms with E-state index < -0.39 is 0 Å². The minimum absolute atomic E-state index is 0.133. The minimum atomic E-state index is 0.133. The molecule has 1 N–H and O–H groups in total. The van der Waals surface area contributed by atoms with Crippen molar-refractivity contribution in [1.29, 1.82) is 0 Å². The zero-order chi connectivity index (χ0) is 8.10. The lowest BCUT2D eigenvalue weighted by Gasteiger charge is -1.95. The fraction of sp³-hybridized carbons (Fsp3) is 0.375. The maximum absolute atomic E-state index is 8.83. The number of hydrogen-bond acceptors (Lipinski definition) is 3. The second kappa shape index (κ2) is 4.26. The van der Waals surface area contributed by atoms with Crippen molar-refractivity contribution in [2.75, 3.05) is 6.61 Å². The number of aliphatic hydroxyl groups excluding tert-OH is 1. The van der Waals surface area contributed by atoms with Gasteiger partial charge in [-0.25, -0.2) is 4.98 Å². The highest BCUT2D eigenvalue weighted by Gasteiger charge is 1.93. The smallest absolute Gasteiger partial charge is 0.0798 e. The van der Waals surface area contributed by atoms with Crippen molar-refractivity contribution in [3.63, 3.8) is 0 Å². The van der Waals surface area contributed by atoms with E-state index in [0.717, 1.165) is 17.7 Å². The summed E-state index contributed by atoms with van der Waals surface area (Å²) >= 11 is 1.57. The topological polar surface area (TPSA) is 33.1 Å². The van der Waals surface area contributed by atoms with E-state index in [1.54, 1.807) is 16.8 Å². The van der Waals surface area contributed by atoms with Gasteiger partial charge in [-0.05, 0) is 18.1 Å². The first kappa shape index (κ1) is 8.43. The Morgan fingerprint density at radius 1 is 1.82 bits per heavy atom. The number of hydrogen-bond donors (Lipinski definition) is 1. The van der Waals surface area contributed by atoms with Gasteiger partial charge in [0, 0.05) is 5.38 Å². The summed E-state index contributed by atoms with van der Waals surface area (Å²) in [5.74, 6) is 0. The summed E-state index contributed by atoms with van der Waals surface area (Å²) in [7, 11) is 0. The lowest BCUT2D eigenvalue weighted by atomic mass is 10.2. The van der Waals surface area contributed by atoms with Gasteiger partial charge < -0.3 is 5.11 Å². The summed E-state index contributed by atoms with van der Waals surface area (Å²) in [5.41, 5.74) is 3.76. The van der Waals surface area contributed by atoms with E-state index in [-0.39, 0.29) is 6.61 Å². The molecule has 1 aromatic heterocycles. The first-order chi connectivity index (χ1) is 5.36. The maximum atomic E-state index is 8.83. The van der Waals surface area contributed by atoms with E-state index in [2.05, 4.69) is 4.98 Å². The molecular formula is C8H11NOS. The molecule has 0 saturated carbocycles. The van der Waals surface area contributed by atoms with Gasteiger partial charge >= 0.3 is 0 Å². The van der Waals surface area contributed by atoms with Crippen LogP contribution in [0.5, 0.6) is 0 Å². The zero-order valence-corrected chi connectivity index (χ0v) is 7.27. The third-order valence-electron chi connectivity index (χ3n) is 1.46. The van der Waals surface area contributed by atoms with Gasteiger partial charge in [0.15, 0.2) is 0 Å². The molecule has 0 amide bonds. The average Bonchev–Trinajstić information content (AvgIpc) is 2.52. The SMILES string of the molecule is CC/C(=C\c1cscn1)CO. The molecule has 0 aliphatic rings. The first-order valence-corrected chi connectivity index (χ1v) is 4.49. The monoisotopic (exact) mass is 169 g/mol. The first-order valence-electron chi connectivity index (χ1n) is 3.55. The molecule has 0 aliphatic carbocycles. The molecule has 1 heterocycles. The Balaban J connectivity index is 2.71. The highest BCUT2D eigenvalue weighted by atomic mass is 32.1. The molecule has 0 aromatic carbocycles. The van der Waals surface area contributed by atoms with Crippen LogP contribution in [0.3, 0.4) is 0 Å². The predicted octanol–water partition coefficient (Wildman–Crippen LogP) is 1.93. The molecule has 1 aromatic rings. The van der Waals surface area contributed by atoms with Crippen LogP contribution in [-0.2, 0) is 0 Å². The van der Waals surface area contributed by atoms with Gasteiger partial charge in [-0.1, -0.05) is 6.92 Å². The summed E-state index contributed by atoms with van der Waals surface area (Å²) < 4.78 is 0. The Kier molecular flexibility index (Phi) is 3.26. The molecule has 3 heteroatoms. The molecule has 0 aliphatic heterocycles. The normalized spacial score (nSPS) is 12.0. The number of aromatic nitrogens is 1. The molecule has 0 bridgehead atoms. The minimum Gasteiger partial charge on any atom is -0.392 e. The molecule has 0 fully saturated rings. The Labute approximate surface area is 70.2 Å². The quantitative estimate of drug-likeness (QED) is 0.750. The third-order valence-corrected chi connectivity index (χ3v) is 2.07. The fourth-order valence-electron chi connectivity index (χ4n) is 0.762. The van der Waals surface area contributed by atoms with Gasteiger partial charge in [0.05, 0.1) is 17.8 Å². The van der Waals surface area contributed by atoms with Gasteiger partial charge in [-0.3, -0.25) is 0 Å². The highest BCUT2D eigenvalue weighted by Crippen LogP contribution is 2.08. The molecule has 0 saturated heterocycles. The number of rotatable bonds is 3. The molecular weight excluding hydrogens is 158 g/mol. The molecule has 60 valence electrons. The van der Waals surface area contributed by atoms with Crippen LogP contribution in [0.4, 0.5) is 0 Å². The molecule has 1 rings (SSSR count). The Hall–Kier alpha value is -0.670. The second-order valence-corrected chi connectivity index (χ2v) is 2.95. The van der Waals surface area contributed by atoms with Crippen molar-refractivity contribution in [3.8, 4) is 0 Å². The zero-order valence-electron chi connectivity index (χ0n) is 6.45. The number of aliphatic hydroxyl groups is 1. The van der Waals surface area contributed by atoms with Crippen LogP contribution in [0.15, 0.2) is 16.5 Å². The van der Waals surface area contributed by atoms with Crippen molar-refractivity contribution >= 4 is 17.4 Å². The number of thiazole rings is 1. The lowest BCUT2D eigenvalue weighted by Crippen LogP contribution is -1.87. The van der Waals surface area contributed by atoms with Crippen molar-refractivity contribution in [3.05, 3.63) is 22.2 Å². The molecule has 0 spiro atoms. The summed E-state index contributed by atoms with van der Waals surface area (Å²) in [6.45, 7) is 2.16. The van der Waals surface area contributed by atoms with Crippen LogP contribution >= 0.6 is 11.3 Å². The van der Waals surface area contributed by atoms with E-state index in [1.807, 2.05) is 18.4 Å². The van der Waals surface area contributed by atoms with Crippen molar-refractivity contribution in [1.82, 2.24) is 4.98 Å². The summed E-state index contributed by atoms with van der Waals surface area (Å²) in [6.07, 6.45) is 2.81. The van der Waals surface area contributed by atoms with Crippen molar-refractivity contribution < 1.29 is 5.11 Å². The second-order valence-electron chi connectivity index (χ2n) is 2.23. The van der Waals surface area contributed by atoms with E-state index in [0.29, 0.717) is 0 Å². The van der Waals surface area contributed by atoms with Gasteiger partial charge in [-0.2, -0.15) is 0 Å². The van der Waals surface area contributed by atoms with E-state index in [4.69, 9.17) is 5.11 Å². The van der Waals surface area contributed by atoms with Crippen LogP contribution in [0.1, 0.15) is 19.0 Å². The van der Waals surface area contributed by atoms with E-state index >= 15 is 0 Å². The number of nitrogens with zero attached hydrogens (tertiary/aromatic N) is 1. The standard InChI is InChI=1S/C8H11NOS/c1-2-7(4-10)3-8-5-11-6-9-8/h3,5-6,10H,2,4H2,1H3/b7-3+. The van der Waals surface area contributed by atoms with Crippen LogP contribution < -0.4 is 0 Å². The van der Waals surface area contributed by atoms with E-state index in [1.165, 1.54) is 0 Å². The third kappa shape index (κ3) is 2.44. The highest BCUT2D eigenvalue weighted by molar-refractivity contribution is 7.07. The van der Waals surface area contributed by atoms with Crippen molar-refractivity contribution in [2.24, 2.45) is 0 Å². The Morgan fingerprint density at radius 3 is 3.09 bits per heavy atom. The van der Waals surface area contributed by atoms with Crippen LogP contribution in [0.2, 0.25) is 0 Å². The summed E-state index contributed by atoms with van der Waals surface area (Å²) in [6, 6.07) is 0. The van der Waals surface area contributed by atoms with Crippen molar-refractivity contribution in [2.45, 2.75) is 13.3 Å². The van der Waals surface area contributed by atoms with Crippen LogP contribution in [0, 0.1) is 0 Å². The van der Waals surface area contributed by atoms with Gasteiger partial charge in [0.2, 0.25) is 0 Å². The van der Waals surface area contributed by atoms with Crippen LogP contribution in [-0.4, -0.2) is 16.7 Å². The largest absolute Gasteiger partial charge is 0.392 e. The lowest BCUT2D eigenvalue weighted by molar-refractivity contribution is 0.329. The summed E-state index contributed by atoms with van der Waals surface area (Å²) in [4.78, 5) is 4.08. The van der Waals surface area contributed by atoms with Gasteiger partial charge in [0.25, 0.3) is 0 Å². The van der Waals surface area contributed by atoms with Crippen LogP contribution in [0.25, 0.3) is 6.08 Å². The predicted molar refractivity (Wildman–Crippen MR) is 47.5 cm³/mol.